The third kappa shape index (κ3) is 2.41. The predicted molar refractivity (Wildman–Crippen MR) is 82.9 cm³/mol. The normalized spacial score (nSPS) is 13.5. The van der Waals surface area contributed by atoms with Gasteiger partial charge in [-0.15, -0.1) is 0 Å². The minimum Gasteiger partial charge on any atom is -0.374 e. The Morgan fingerprint density at radius 3 is 2.84 bits per heavy atom. The molecule has 0 aliphatic carbocycles. The molecular weight excluding hydrogens is 256 g/mol. The standard InChI is InChI=1S/C16H17ClN2/c1-11-3-4-13(17)10-15(11)18-14-5-6-16-12(9-14)7-8-19(16)2/h3-6,9-10,18H,7-8H2,1-2H3. The molecule has 0 radical (unpaired) electrons. The maximum atomic E-state index is 6.05. The third-order valence-electron chi connectivity index (χ3n) is 3.69. The van der Waals surface area contributed by atoms with Crippen molar-refractivity contribution in [1.29, 1.82) is 0 Å². The van der Waals surface area contributed by atoms with Crippen LogP contribution >= 0.6 is 11.6 Å². The molecule has 1 heterocycles. The summed E-state index contributed by atoms with van der Waals surface area (Å²) < 4.78 is 0. The zero-order valence-electron chi connectivity index (χ0n) is 11.2. The van der Waals surface area contributed by atoms with E-state index in [1.54, 1.807) is 0 Å². The van der Waals surface area contributed by atoms with E-state index in [2.05, 4.69) is 42.4 Å². The second kappa shape index (κ2) is 4.78. The first-order valence-electron chi connectivity index (χ1n) is 6.51. The lowest BCUT2D eigenvalue weighted by Gasteiger charge is -2.14. The van der Waals surface area contributed by atoms with Crippen LogP contribution in [0, 0.1) is 6.92 Å². The van der Waals surface area contributed by atoms with Gasteiger partial charge in [0, 0.05) is 35.7 Å². The Balaban J connectivity index is 1.90. The average molecular weight is 273 g/mol. The number of nitrogens with zero attached hydrogens (tertiary/aromatic N) is 1. The summed E-state index contributed by atoms with van der Waals surface area (Å²) in [7, 11) is 2.14. The summed E-state index contributed by atoms with van der Waals surface area (Å²) in [6.45, 7) is 3.19. The van der Waals surface area contributed by atoms with Crippen molar-refractivity contribution in [3.8, 4) is 0 Å². The lowest BCUT2D eigenvalue weighted by Crippen LogP contribution is -2.12. The Morgan fingerprint density at radius 2 is 2.00 bits per heavy atom. The van der Waals surface area contributed by atoms with Crippen LogP contribution in [0.2, 0.25) is 5.02 Å². The Kier molecular flexibility index (Phi) is 3.11. The second-order valence-electron chi connectivity index (χ2n) is 5.10. The van der Waals surface area contributed by atoms with E-state index >= 15 is 0 Å². The number of anilines is 3. The van der Waals surface area contributed by atoms with E-state index in [4.69, 9.17) is 11.6 Å². The van der Waals surface area contributed by atoms with Gasteiger partial charge in [-0.3, -0.25) is 0 Å². The molecule has 0 bridgehead atoms. The number of nitrogens with one attached hydrogen (secondary N) is 1. The van der Waals surface area contributed by atoms with Crippen molar-refractivity contribution < 1.29 is 0 Å². The lowest BCUT2D eigenvalue weighted by molar-refractivity contribution is 0.956. The van der Waals surface area contributed by atoms with Crippen LogP contribution in [0.4, 0.5) is 17.1 Å². The first-order chi connectivity index (χ1) is 9.13. The monoisotopic (exact) mass is 272 g/mol. The van der Waals surface area contributed by atoms with Crippen LogP contribution in [0.3, 0.4) is 0 Å². The third-order valence-corrected chi connectivity index (χ3v) is 3.92. The molecule has 1 aliphatic rings. The molecule has 1 N–H and O–H groups in total. The molecule has 0 saturated carbocycles. The summed E-state index contributed by atoms with van der Waals surface area (Å²) in [6, 6.07) is 12.5. The summed E-state index contributed by atoms with van der Waals surface area (Å²) in [5, 5.41) is 4.21. The Bertz CT molecular complexity index is 622. The van der Waals surface area contributed by atoms with E-state index in [0.717, 1.165) is 29.4 Å². The fourth-order valence-electron chi connectivity index (χ4n) is 2.53. The highest BCUT2D eigenvalue weighted by Gasteiger charge is 2.15. The maximum absolute atomic E-state index is 6.05. The van der Waals surface area contributed by atoms with E-state index < -0.39 is 0 Å². The quantitative estimate of drug-likeness (QED) is 0.873. The van der Waals surface area contributed by atoms with E-state index in [1.807, 2.05) is 18.2 Å². The number of aryl methyl sites for hydroxylation is 1. The Labute approximate surface area is 119 Å². The second-order valence-corrected chi connectivity index (χ2v) is 5.54. The zero-order chi connectivity index (χ0) is 13.4. The van der Waals surface area contributed by atoms with E-state index in [-0.39, 0.29) is 0 Å². The molecular formula is C16H17ClN2. The van der Waals surface area contributed by atoms with E-state index in [9.17, 15) is 0 Å². The fourth-order valence-corrected chi connectivity index (χ4v) is 2.70. The van der Waals surface area contributed by atoms with Gasteiger partial charge in [0.05, 0.1) is 0 Å². The number of likely N-dealkylation sites (N-methyl/N-ethyl adjacent to an activating group) is 1. The molecule has 3 rings (SSSR count). The van der Waals surface area contributed by atoms with E-state index in [0.29, 0.717) is 0 Å². The van der Waals surface area contributed by atoms with Gasteiger partial charge < -0.3 is 10.2 Å². The van der Waals surface area contributed by atoms with Gasteiger partial charge in [-0.25, -0.2) is 0 Å². The van der Waals surface area contributed by atoms with Gasteiger partial charge in [0.1, 0.15) is 0 Å². The van der Waals surface area contributed by atoms with Gasteiger partial charge in [-0.2, -0.15) is 0 Å². The predicted octanol–water partition coefficient (Wildman–Crippen LogP) is 4.38. The molecule has 98 valence electrons. The van der Waals surface area contributed by atoms with Gasteiger partial charge >= 0.3 is 0 Å². The van der Waals surface area contributed by atoms with Crippen molar-refractivity contribution in [3.63, 3.8) is 0 Å². The minimum atomic E-state index is 0.758. The van der Waals surface area contributed by atoms with Crippen molar-refractivity contribution in [2.75, 3.05) is 23.8 Å². The number of benzene rings is 2. The molecule has 0 unspecified atom stereocenters. The summed E-state index contributed by atoms with van der Waals surface area (Å²) in [5.74, 6) is 0. The largest absolute Gasteiger partial charge is 0.374 e. The smallest absolute Gasteiger partial charge is 0.0428 e. The van der Waals surface area contributed by atoms with Crippen LogP contribution in [-0.2, 0) is 6.42 Å². The van der Waals surface area contributed by atoms with Crippen molar-refractivity contribution in [1.82, 2.24) is 0 Å². The summed E-state index contributed by atoms with van der Waals surface area (Å²) in [6.07, 6.45) is 1.12. The summed E-state index contributed by atoms with van der Waals surface area (Å²) >= 11 is 6.05. The molecule has 3 heteroatoms. The molecule has 19 heavy (non-hydrogen) atoms. The van der Waals surface area contributed by atoms with Crippen molar-refractivity contribution in [2.24, 2.45) is 0 Å². The maximum Gasteiger partial charge on any atom is 0.0428 e. The van der Waals surface area contributed by atoms with Crippen molar-refractivity contribution in [3.05, 3.63) is 52.5 Å². The molecule has 0 atom stereocenters. The van der Waals surface area contributed by atoms with Crippen LogP contribution in [-0.4, -0.2) is 13.6 Å². The van der Waals surface area contributed by atoms with Gasteiger partial charge in [0.25, 0.3) is 0 Å². The van der Waals surface area contributed by atoms with Crippen LogP contribution in [0.5, 0.6) is 0 Å². The minimum absolute atomic E-state index is 0.758. The van der Waals surface area contributed by atoms with E-state index in [1.165, 1.54) is 16.8 Å². The fraction of sp³-hybridized carbons (Fsp3) is 0.250. The molecule has 0 aromatic heterocycles. The van der Waals surface area contributed by atoms with Gasteiger partial charge in [0.2, 0.25) is 0 Å². The number of rotatable bonds is 2. The Hall–Kier alpha value is -1.67. The molecule has 2 nitrogen and oxygen atoms in total. The number of hydrogen-bond acceptors (Lipinski definition) is 2. The van der Waals surface area contributed by atoms with Crippen LogP contribution < -0.4 is 10.2 Å². The van der Waals surface area contributed by atoms with Crippen LogP contribution in [0.15, 0.2) is 36.4 Å². The highest BCUT2D eigenvalue weighted by atomic mass is 35.5. The van der Waals surface area contributed by atoms with Crippen molar-refractivity contribution >= 4 is 28.7 Å². The lowest BCUT2D eigenvalue weighted by atomic mass is 10.1. The molecule has 0 amide bonds. The highest BCUT2D eigenvalue weighted by Crippen LogP contribution is 2.31. The Morgan fingerprint density at radius 1 is 1.16 bits per heavy atom. The zero-order valence-corrected chi connectivity index (χ0v) is 12.0. The summed E-state index contributed by atoms with van der Waals surface area (Å²) in [5.41, 5.74) is 6.14. The van der Waals surface area contributed by atoms with Gasteiger partial charge in [-0.05, 0) is 54.8 Å². The molecule has 0 saturated heterocycles. The molecule has 0 spiro atoms. The van der Waals surface area contributed by atoms with Gasteiger partial charge in [-0.1, -0.05) is 17.7 Å². The topological polar surface area (TPSA) is 15.3 Å². The SMILES string of the molecule is Cc1ccc(Cl)cc1Nc1ccc2c(c1)CCN2C. The first kappa shape index (κ1) is 12.4. The van der Waals surface area contributed by atoms with Gasteiger partial charge in [0.15, 0.2) is 0 Å². The molecule has 2 aromatic rings. The highest BCUT2D eigenvalue weighted by molar-refractivity contribution is 6.30. The summed E-state index contributed by atoms with van der Waals surface area (Å²) in [4.78, 5) is 2.30. The average Bonchev–Trinajstić information content (AvgIpc) is 2.75. The number of hydrogen-bond donors (Lipinski definition) is 1. The molecule has 0 fully saturated rings. The number of halogens is 1. The van der Waals surface area contributed by atoms with Crippen LogP contribution in [0.25, 0.3) is 0 Å². The first-order valence-corrected chi connectivity index (χ1v) is 6.88. The molecule has 2 aromatic carbocycles. The van der Waals surface area contributed by atoms with Crippen LogP contribution in [0.1, 0.15) is 11.1 Å². The molecule has 1 aliphatic heterocycles. The van der Waals surface area contributed by atoms with Crippen molar-refractivity contribution in [2.45, 2.75) is 13.3 Å². The number of fused-ring (bicyclic) bond motifs is 1.